The normalized spacial score (nSPS) is 9.55. The lowest BCUT2D eigenvalue weighted by molar-refractivity contribution is -0.116. The molecule has 0 bridgehead atoms. The average molecular weight is 168 g/mol. The summed E-state index contributed by atoms with van der Waals surface area (Å²) in [6.45, 7) is 1.42. The summed E-state index contributed by atoms with van der Waals surface area (Å²) >= 11 is 1.46. The van der Waals surface area contributed by atoms with Gasteiger partial charge in [-0.3, -0.25) is 9.59 Å². The minimum absolute atomic E-state index is 0.0245. The minimum Gasteiger partial charge on any atom is -0.300 e. The highest BCUT2D eigenvalue weighted by Gasteiger charge is 2.07. The van der Waals surface area contributed by atoms with Crippen LogP contribution in [0.15, 0.2) is 16.8 Å². The first-order chi connectivity index (χ1) is 5.20. The van der Waals surface area contributed by atoms with Crippen LogP contribution in [0.25, 0.3) is 0 Å². The maximum absolute atomic E-state index is 11.1. The third kappa shape index (κ3) is 2.27. The minimum atomic E-state index is -0.0845. The van der Waals surface area contributed by atoms with Crippen LogP contribution >= 0.6 is 11.3 Å². The van der Waals surface area contributed by atoms with Crippen molar-refractivity contribution in [3.05, 3.63) is 22.4 Å². The maximum Gasteiger partial charge on any atom is 0.171 e. The van der Waals surface area contributed by atoms with Crippen molar-refractivity contribution < 1.29 is 9.59 Å². The summed E-state index contributed by atoms with van der Waals surface area (Å²) in [6, 6.07) is 1.73. The van der Waals surface area contributed by atoms with Gasteiger partial charge in [0.2, 0.25) is 0 Å². The van der Waals surface area contributed by atoms with Crippen molar-refractivity contribution in [2.75, 3.05) is 0 Å². The maximum atomic E-state index is 11.1. The van der Waals surface area contributed by atoms with Crippen molar-refractivity contribution in [1.29, 1.82) is 0 Å². The third-order valence-electron chi connectivity index (χ3n) is 1.25. The molecule has 3 heteroatoms. The molecule has 1 rings (SSSR count). The Balaban J connectivity index is 2.64. The lowest BCUT2D eigenvalue weighted by atomic mass is 10.1. The van der Waals surface area contributed by atoms with Crippen molar-refractivity contribution in [2.24, 2.45) is 0 Å². The van der Waals surface area contributed by atoms with Crippen molar-refractivity contribution in [1.82, 2.24) is 0 Å². The highest BCUT2D eigenvalue weighted by molar-refractivity contribution is 7.08. The molecule has 0 aliphatic heterocycles. The lowest BCUT2D eigenvalue weighted by Crippen LogP contribution is -2.02. The predicted molar refractivity (Wildman–Crippen MR) is 43.9 cm³/mol. The van der Waals surface area contributed by atoms with Crippen LogP contribution in [0.2, 0.25) is 0 Å². The Morgan fingerprint density at radius 3 is 2.73 bits per heavy atom. The quantitative estimate of drug-likeness (QED) is 0.510. The van der Waals surface area contributed by atoms with Crippen molar-refractivity contribution >= 4 is 22.9 Å². The monoisotopic (exact) mass is 168 g/mol. The zero-order valence-electron chi connectivity index (χ0n) is 6.16. The van der Waals surface area contributed by atoms with Crippen LogP contribution in [-0.4, -0.2) is 11.6 Å². The summed E-state index contributed by atoms with van der Waals surface area (Å²) in [6.07, 6.45) is 0.0245. The Morgan fingerprint density at radius 1 is 1.55 bits per heavy atom. The van der Waals surface area contributed by atoms with E-state index in [-0.39, 0.29) is 18.0 Å². The molecule has 1 aromatic rings. The SMILES string of the molecule is CC(=O)CC(=O)c1ccsc1. The molecule has 0 N–H and O–H groups in total. The van der Waals surface area contributed by atoms with E-state index in [9.17, 15) is 9.59 Å². The van der Waals surface area contributed by atoms with E-state index in [0.29, 0.717) is 5.56 Å². The summed E-state index contributed by atoms with van der Waals surface area (Å²) in [5.74, 6) is -0.167. The lowest BCUT2D eigenvalue weighted by Gasteiger charge is -1.90. The molecule has 0 amide bonds. The van der Waals surface area contributed by atoms with Crippen LogP contribution in [0, 0.1) is 0 Å². The van der Waals surface area contributed by atoms with E-state index >= 15 is 0 Å². The number of hydrogen-bond acceptors (Lipinski definition) is 3. The fourth-order valence-corrected chi connectivity index (χ4v) is 1.41. The standard InChI is InChI=1S/C8H8O2S/c1-6(9)4-8(10)7-2-3-11-5-7/h2-3,5H,4H2,1H3. The van der Waals surface area contributed by atoms with E-state index in [0.717, 1.165) is 0 Å². The van der Waals surface area contributed by atoms with Crippen molar-refractivity contribution in [3.63, 3.8) is 0 Å². The highest BCUT2D eigenvalue weighted by atomic mass is 32.1. The Morgan fingerprint density at radius 2 is 2.27 bits per heavy atom. The summed E-state index contributed by atoms with van der Waals surface area (Å²) < 4.78 is 0. The van der Waals surface area contributed by atoms with E-state index in [2.05, 4.69) is 0 Å². The molecule has 0 aliphatic rings. The molecule has 0 unspecified atom stereocenters. The second-order valence-electron chi connectivity index (χ2n) is 2.31. The van der Waals surface area contributed by atoms with E-state index in [1.807, 2.05) is 5.38 Å². The van der Waals surface area contributed by atoms with Gasteiger partial charge in [0.25, 0.3) is 0 Å². The van der Waals surface area contributed by atoms with Gasteiger partial charge in [-0.25, -0.2) is 0 Å². The van der Waals surface area contributed by atoms with E-state index in [4.69, 9.17) is 0 Å². The van der Waals surface area contributed by atoms with Gasteiger partial charge in [-0.15, -0.1) is 0 Å². The first-order valence-electron chi connectivity index (χ1n) is 3.25. The molecule has 58 valence electrons. The Hall–Kier alpha value is -0.960. The van der Waals surface area contributed by atoms with Crippen LogP contribution in [0.5, 0.6) is 0 Å². The van der Waals surface area contributed by atoms with Gasteiger partial charge in [-0.2, -0.15) is 11.3 Å². The number of Topliss-reactive ketones (excluding diaryl/α,β-unsaturated/α-hetero) is 2. The van der Waals surface area contributed by atoms with Gasteiger partial charge in [0.1, 0.15) is 5.78 Å². The molecule has 0 radical (unpaired) electrons. The van der Waals surface area contributed by atoms with E-state index in [1.165, 1.54) is 18.3 Å². The zero-order chi connectivity index (χ0) is 8.27. The van der Waals surface area contributed by atoms with Gasteiger partial charge in [0.15, 0.2) is 5.78 Å². The number of hydrogen-bond donors (Lipinski definition) is 0. The largest absolute Gasteiger partial charge is 0.300 e. The Bertz CT molecular complexity index is 262. The van der Waals surface area contributed by atoms with Crippen LogP contribution < -0.4 is 0 Å². The second-order valence-corrected chi connectivity index (χ2v) is 3.09. The van der Waals surface area contributed by atoms with Crippen LogP contribution in [0.4, 0.5) is 0 Å². The van der Waals surface area contributed by atoms with Gasteiger partial charge in [-0.1, -0.05) is 0 Å². The summed E-state index contributed by atoms with van der Waals surface area (Å²) in [4.78, 5) is 21.6. The Kier molecular flexibility index (Phi) is 2.54. The number of carbonyl (C=O) groups excluding carboxylic acids is 2. The molecular formula is C8H8O2S. The molecule has 0 saturated heterocycles. The van der Waals surface area contributed by atoms with Crippen LogP contribution in [-0.2, 0) is 4.79 Å². The fourth-order valence-electron chi connectivity index (χ4n) is 0.751. The third-order valence-corrected chi connectivity index (χ3v) is 1.94. The van der Waals surface area contributed by atoms with Gasteiger partial charge in [0.05, 0.1) is 6.42 Å². The van der Waals surface area contributed by atoms with Crippen LogP contribution in [0.3, 0.4) is 0 Å². The van der Waals surface area contributed by atoms with Gasteiger partial charge < -0.3 is 0 Å². The Labute approximate surface area is 68.9 Å². The van der Waals surface area contributed by atoms with Gasteiger partial charge in [-0.05, 0) is 18.4 Å². The number of thiophene rings is 1. The molecular weight excluding hydrogens is 160 g/mol. The molecule has 0 aliphatic carbocycles. The molecule has 0 aromatic carbocycles. The zero-order valence-corrected chi connectivity index (χ0v) is 6.98. The number of ketones is 2. The van der Waals surface area contributed by atoms with Crippen molar-refractivity contribution in [2.45, 2.75) is 13.3 Å². The second kappa shape index (κ2) is 3.44. The fraction of sp³-hybridized carbons (Fsp3) is 0.250. The van der Waals surface area contributed by atoms with Crippen molar-refractivity contribution in [3.8, 4) is 0 Å². The van der Waals surface area contributed by atoms with Gasteiger partial charge in [0, 0.05) is 10.9 Å². The highest BCUT2D eigenvalue weighted by Crippen LogP contribution is 2.08. The van der Waals surface area contributed by atoms with E-state index < -0.39 is 0 Å². The average Bonchev–Trinajstić information content (AvgIpc) is 2.35. The molecule has 1 aromatic heterocycles. The molecule has 0 spiro atoms. The number of rotatable bonds is 3. The molecule has 0 saturated carbocycles. The van der Waals surface area contributed by atoms with Gasteiger partial charge >= 0.3 is 0 Å². The smallest absolute Gasteiger partial charge is 0.171 e. The number of carbonyl (C=O) groups is 2. The summed E-state index contributed by atoms with van der Waals surface area (Å²) in [5.41, 5.74) is 0.644. The topological polar surface area (TPSA) is 34.1 Å². The first-order valence-corrected chi connectivity index (χ1v) is 4.19. The molecule has 1 heterocycles. The summed E-state index contributed by atoms with van der Waals surface area (Å²) in [5, 5.41) is 3.58. The molecule has 11 heavy (non-hydrogen) atoms. The van der Waals surface area contributed by atoms with Crippen LogP contribution in [0.1, 0.15) is 23.7 Å². The molecule has 2 nitrogen and oxygen atoms in total. The van der Waals surface area contributed by atoms with E-state index in [1.54, 1.807) is 11.4 Å². The predicted octanol–water partition coefficient (Wildman–Crippen LogP) is 1.91. The summed E-state index contributed by atoms with van der Waals surface area (Å²) in [7, 11) is 0. The molecule has 0 atom stereocenters. The first kappa shape index (κ1) is 8.14. The molecule has 0 fully saturated rings.